The van der Waals surface area contributed by atoms with Crippen molar-refractivity contribution in [2.75, 3.05) is 0 Å². The van der Waals surface area contributed by atoms with Crippen molar-refractivity contribution in [3.63, 3.8) is 0 Å². The van der Waals surface area contributed by atoms with E-state index in [9.17, 15) is 0 Å². The molecule has 0 radical (unpaired) electrons. The van der Waals surface area contributed by atoms with Gasteiger partial charge < -0.3 is 10.3 Å². The quantitative estimate of drug-likeness (QED) is 0.775. The average molecular weight is 181 g/mol. The summed E-state index contributed by atoms with van der Waals surface area (Å²) < 4.78 is 2.19. The van der Waals surface area contributed by atoms with Gasteiger partial charge >= 0.3 is 0 Å². The summed E-state index contributed by atoms with van der Waals surface area (Å²) in [6.45, 7) is 8.40. The van der Waals surface area contributed by atoms with Gasteiger partial charge in [0.1, 0.15) is 5.82 Å². The number of aryl methyl sites for hydroxylation is 1. The van der Waals surface area contributed by atoms with E-state index >= 15 is 0 Å². The van der Waals surface area contributed by atoms with Crippen LogP contribution in [0.5, 0.6) is 0 Å². The topological polar surface area (TPSA) is 43.8 Å². The first-order chi connectivity index (χ1) is 6.06. The van der Waals surface area contributed by atoms with Gasteiger partial charge in [-0.2, -0.15) is 0 Å². The molecule has 1 heterocycles. The van der Waals surface area contributed by atoms with Crippen molar-refractivity contribution in [1.82, 2.24) is 9.55 Å². The summed E-state index contributed by atoms with van der Waals surface area (Å²) in [4.78, 5) is 4.49. The van der Waals surface area contributed by atoms with Crippen LogP contribution in [0.25, 0.3) is 0 Å². The minimum absolute atomic E-state index is 0.0327. The number of hydrogen-bond donors (Lipinski definition) is 1. The van der Waals surface area contributed by atoms with Crippen molar-refractivity contribution in [1.29, 1.82) is 0 Å². The van der Waals surface area contributed by atoms with E-state index in [0.29, 0.717) is 6.04 Å². The van der Waals surface area contributed by atoms with Gasteiger partial charge in [0.05, 0.1) is 5.69 Å². The van der Waals surface area contributed by atoms with Crippen LogP contribution in [0.4, 0.5) is 0 Å². The maximum absolute atomic E-state index is 5.77. The summed E-state index contributed by atoms with van der Waals surface area (Å²) in [5.74, 6) is 1.13. The molecular weight excluding hydrogens is 162 g/mol. The van der Waals surface area contributed by atoms with Crippen LogP contribution < -0.4 is 5.73 Å². The molecule has 13 heavy (non-hydrogen) atoms. The van der Waals surface area contributed by atoms with Crippen LogP contribution in [-0.4, -0.2) is 9.55 Å². The third kappa shape index (κ3) is 2.10. The Morgan fingerprint density at radius 1 is 1.46 bits per heavy atom. The molecule has 0 fully saturated rings. The molecule has 0 saturated heterocycles. The Bertz CT molecular complexity index is 274. The minimum Gasteiger partial charge on any atom is -0.332 e. The number of nitrogens with zero attached hydrogens (tertiary/aromatic N) is 2. The number of imidazole rings is 1. The fourth-order valence-electron chi connectivity index (χ4n) is 1.38. The van der Waals surface area contributed by atoms with E-state index in [1.807, 2.05) is 6.92 Å². The maximum Gasteiger partial charge on any atom is 0.108 e. The first kappa shape index (κ1) is 10.3. The standard InChI is InChI=1S/C10H19N3/c1-5-10-12-9(8(4)11)6-13(10)7(2)3/h6-8H,5,11H2,1-4H3. The SMILES string of the molecule is CCc1nc(C(C)N)cn1C(C)C. The van der Waals surface area contributed by atoms with Crippen molar-refractivity contribution in [2.45, 2.75) is 46.2 Å². The molecule has 3 heteroatoms. The highest BCUT2D eigenvalue weighted by molar-refractivity contribution is 5.08. The second-order valence-electron chi connectivity index (χ2n) is 3.73. The van der Waals surface area contributed by atoms with Gasteiger partial charge in [0.2, 0.25) is 0 Å². The Morgan fingerprint density at radius 3 is 2.38 bits per heavy atom. The lowest BCUT2D eigenvalue weighted by atomic mass is 10.3. The maximum atomic E-state index is 5.77. The van der Waals surface area contributed by atoms with Crippen LogP contribution in [0, 0.1) is 0 Å². The van der Waals surface area contributed by atoms with E-state index in [1.54, 1.807) is 0 Å². The predicted molar refractivity (Wildman–Crippen MR) is 54.6 cm³/mol. The van der Waals surface area contributed by atoms with E-state index in [0.717, 1.165) is 17.9 Å². The monoisotopic (exact) mass is 181 g/mol. The van der Waals surface area contributed by atoms with Gasteiger partial charge in [0, 0.05) is 24.7 Å². The van der Waals surface area contributed by atoms with Crippen molar-refractivity contribution in [2.24, 2.45) is 5.73 Å². The molecule has 2 N–H and O–H groups in total. The molecule has 0 aliphatic rings. The number of rotatable bonds is 3. The van der Waals surface area contributed by atoms with E-state index in [-0.39, 0.29) is 6.04 Å². The van der Waals surface area contributed by atoms with Crippen molar-refractivity contribution < 1.29 is 0 Å². The molecule has 0 spiro atoms. The summed E-state index contributed by atoms with van der Waals surface area (Å²) in [5, 5.41) is 0. The first-order valence-electron chi connectivity index (χ1n) is 4.89. The summed E-state index contributed by atoms with van der Waals surface area (Å²) >= 11 is 0. The fraction of sp³-hybridized carbons (Fsp3) is 0.700. The molecule has 74 valence electrons. The van der Waals surface area contributed by atoms with Gasteiger partial charge in [-0.3, -0.25) is 0 Å². The highest BCUT2D eigenvalue weighted by Crippen LogP contribution is 2.15. The third-order valence-electron chi connectivity index (χ3n) is 2.17. The van der Waals surface area contributed by atoms with E-state index in [1.165, 1.54) is 0 Å². The van der Waals surface area contributed by atoms with Crippen LogP contribution in [0.15, 0.2) is 6.20 Å². The smallest absolute Gasteiger partial charge is 0.108 e. The summed E-state index contributed by atoms with van der Waals surface area (Å²) in [6.07, 6.45) is 3.03. The minimum atomic E-state index is 0.0327. The largest absolute Gasteiger partial charge is 0.332 e. The Kier molecular flexibility index (Phi) is 3.09. The lowest BCUT2D eigenvalue weighted by Gasteiger charge is -2.09. The number of nitrogens with two attached hydrogens (primary N) is 1. The second kappa shape index (κ2) is 3.92. The van der Waals surface area contributed by atoms with Crippen LogP contribution in [0.2, 0.25) is 0 Å². The summed E-state index contributed by atoms with van der Waals surface area (Å²) in [6, 6.07) is 0.500. The van der Waals surface area contributed by atoms with Gasteiger partial charge in [0.25, 0.3) is 0 Å². The van der Waals surface area contributed by atoms with Gasteiger partial charge in [-0.25, -0.2) is 4.98 Å². The second-order valence-corrected chi connectivity index (χ2v) is 3.73. The summed E-state index contributed by atoms with van der Waals surface area (Å²) in [5.41, 5.74) is 6.77. The molecule has 0 saturated carbocycles. The number of aromatic nitrogens is 2. The van der Waals surface area contributed by atoms with Crippen LogP contribution >= 0.6 is 0 Å². The molecule has 1 unspecified atom stereocenters. The van der Waals surface area contributed by atoms with Crippen LogP contribution in [0.3, 0.4) is 0 Å². The lowest BCUT2D eigenvalue weighted by Crippen LogP contribution is -2.05. The Hall–Kier alpha value is -0.830. The molecule has 0 aliphatic heterocycles. The lowest BCUT2D eigenvalue weighted by molar-refractivity contribution is 0.571. The summed E-state index contributed by atoms with van der Waals surface area (Å²) in [7, 11) is 0. The Labute approximate surface area is 80.0 Å². The van der Waals surface area contributed by atoms with Crippen molar-refractivity contribution in [3.8, 4) is 0 Å². The third-order valence-corrected chi connectivity index (χ3v) is 2.17. The molecule has 1 atom stereocenters. The average Bonchev–Trinajstić information content (AvgIpc) is 2.47. The molecule has 1 aromatic heterocycles. The zero-order chi connectivity index (χ0) is 10.0. The Morgan fingerprint density at radius 2 is 2.08 bits per heavy atom. The molecule has 0 aliphatic carbocycles. The van der Waals surface area contributed by atoms with Crippen molar-refractivity contribution in [3.05, 3.63) is 17.7 Å². The zero-order valence-corrected chi connectivity index (χ0v) is 8.91. The van der Waals surface area contributed by atoms with E-state index < -0.39 is 0 Å². The highest BCUT2D eigenvalue weighted by Gasteiger charge is 2.10. The van der Waals surface area contributed by atoms with Crippen molar-refractivity contribution >= 4 is 0 Å². The van der Waals surface area contributed by atoms with Gasteiger partial charge in [-0.05, 0) is 20.8 Å². The van der Waals surface area contributed by atoms with Crippen LogP contribution in [-0.2, 0) is 6.42 Å². The van der Waals surface area contributed by atoms with Crippen LogP contribution in [0.1, 0.15) is 51.3 Å². The molecule has 0 aromatic carbocycles. The van der Waals surface area contributed by atoms with E-state index in [2.05, 4.69) is 36.5 Å². The molecule has 3 nitrogen and oxygen atoms in total. The highest BCUT2D eigenvalue weighted by atomic mass is 15.1. The van der Waals surface area contributed by atoms with E-state index in [4.69, 9.17) is 5.73 Å². The van der Waals surface area contributed by atoms with Gasteiger partial charge in [-0.1, -0.05) is 6.92 Å². The first-order valence-corrected chi connectivity index (χ1v) is 4.89. The molecule has 0 amide bonds. The Balaban J connectivity index is 3.04. The molecule has 1 aromatic rings. The molecular formula is C10H19N3. The zero-order valence-electron chi connectivity index (χ0n) is 8.91. The fourth-order valence-corrected chi connectivity index (χ4v) is 1.38. The normalized spacial score (nSPS) is 13.7. The molecule has 1 rings (SSSR count). The molecule has 0 bridgehead atoms. The van der Waals surface area contributed by atoms with Gasteiger partial charge in [-0.15, -0.1) is 0 Å². The number of hydrogen-bond acceptors (Lipinski definition) is 2. The predicted octanol–water partition coefficient (Wildman–Crippen LogP) is 2.05. The van der Waals surface area contributed by atoms with Gasteiger partial charge in [0.15, 0.2) is 0 Å².